The largest absolute Gasteiger partial charge is 0.332 e. The van der Waals surface area contributed by atoms with Gasteiger partial charge in [0.2, 0.25) is 0 Å². The van der Waals surface area contributed by atoms with Crippen LogP contribution in [0.5, 0.6) is 0 Å². The van der Waals surface area contributed by atoms with Crippen LogP contribution in [0.25, 0.3) is 11.6 Å². The van der Waals surface area contributed by atoms with E-state index in [2.05, 4.69) is 20.4 Å². The molecule has 0 radical (unpaired) electrons. The predicted molar refractivity (Wildman–Crippen MR) is 64.4 cm³/mol. The second-order valence-corrected chi connectivity index (χ2v) is 3.97. The molecule has 0 aliphatic carbocycles. The average Bonchev–Trinajstić information content (AvgIpc) is 2.73. The lowest BCUT2D eigenvalue weighted by Crippen LogP contribution is -2.12. The van der Waals surface area contributed by atoms with Crippen molar-refractivity contribution in [3.63, 3.8) is 0 Å². The second-order valence-electron chi connectivity index (χ2n) is 3.97. The van der Waals surface area contributed by atoms with Gasteiger partial charge in [-0.25, -0.2) is 4.98 Å². The number of rotatable bonds is 4. The number of nitrogens with zero attached hydrogens (tertiary/aromatic N) is 3. The van der Waals surface area contributed by atoms with E-state index in [-0.39, 0.29) is 0 Å². The first kappa shape index (κ1) is 11.7. The van der Waals surface area contributed by atoms with Crippen molar-refractivity contribution >= 4 is 0 Å². The quantitative estimate of drug-likeness (QED) is 0.871. The highest BCUT2D eigenvalue weighted by atomic mass is 16.5. The Morgan fingerprint density at radius 1 is 1.24 bits per heavy atom. The van der Waals surface area contributed by atoms with Crippen LogP contribution in [-0.2, 0) is 6.54 Å². The monoisotopic (exact) mass is 232 g/mol. The van der Waals surface area contributed by atoms with Crippen LogP contribution in [0, 0.1) is 13.8 Å². The number of aromatic nitrogens is 3. The van der Waals surface area contributed by atoms with Crippen molar-refractivity contribution in [1.82, 2.24) is 20.4 Å². The van der Waals surface area contributed by atoms with E-state index < -0.39 is 0 Å². The molecule has 0 atom stereocenters. The van der Waals surface area contributed by atoms with Gasteiger partial charge in [-0.2, -0.15) is 4.98 Å². The van der Waals surface area contributed by atoms with Gasteiger partial charge in [-0.05, 0) is 38.1 Å². The average molecular weight is 232 g/mol. The predicted octanol–water partition coefficient (Wildman–Crippen LogP) is 1.86. The van der Waals surface area contributed by atoms with Crippen LogP contribution < -0.4 is 5.32 Å². The lowest BCUT2D eigenvalue weighted by Gasteiger charge is -1.98. The number of aryl methyl sites for hydroxylation is 2. The lowest BCUT2D eigenvalue weighted by molar-refractivity contribution is 0.418. The van der Waals surface area contributed by atoms with Gasteiger partial charge in [0.25, 0.3) is 5.89 Å². The molecule has 2 aromatic rings. The number of nitrogens with one attached hydrogen (secondary N) is 1. The van der Waals surface area contributed by atoms with Crippen LogP contribution in [-0.4, -0.2) is 21.7 Å². The van der Waals surface area contributed by atoms with E-state index in [1.807, 2.05) is 32.9 Å². The number of hydrogen-bond acceptors (Lipinski definition) is 5. The number of hydrogen-bond donors (Lipinski definition) is 1. The molecule has 0 saturated heterocycles. The van der Waals surface area contributed by atoms with E-state index in [4.69, 9.17) is 4.52 Å². The molecule has 2 aromatic heterocycles. The van der Waals surface area contributed by atoms with Crippen LogP contribution >= 0.6 is 0 Å². The van der Waals surface area contributed by atoms with E-state index in [0.717, 1.165) is 23.5 Å². The van der Waals surface area contributed by atoms with Crippen LogP contribution in [0.3, 0.4) is 0 Å². The fourth-order valence-corrected chi connectivity index (χ4v) is 1.62. The molecule has 0 aliphatic rings. The van der Waals surface area contributed by atoms with Gasteiger partial charge in [0.15, 0.2) is 5.82 Å². The standard InChI is InChI=1S/C12H16N4O/c1-4-13-7-11-15-12(17-16-11)10-6-8(2)5-9(3)14-10/h5-6,13H,4,7H2,1-3H3. The molecule has 2 rings (SSSR count). The Bertz CT molecular complexity index is 487. The summed E-state index contributed by atoms with van der Waals surface area (Å²) in [5, 5.41) is 7.05. The molecule has 0 spiro atoms. The molecule has 0 fully saturated rings. The normalized spacial score (nSPS) is 10.8. The Hall–Kier alpha value is -1.75. The summed E-state index contributed by atoms with van der Waals surface area (Å²) in [6, 6.07) is 3.96. The third-order valence-corrected chi connectivity index (χ3v) is 2.32. The Labute approximate surface area is 100 Å². The summed E-state index contributed by atoms with van der Waals surface area (Å²) in [4.78, 5) is 8.68. The molecule has 1 N–H and O–H groups in total. The minimum atomic E-state index is 0.477. The molecular formula is C12H16N4O. The third kappa shape index (κ3) is 2.88. The molecule has 0 amide bonds. The molecule has 0 aliphatic heterocycles. The highest BCUT2D eigenvalue weighted by Crippen LogP contribution is 2.16. The van der Waals surface area contributed by atoms with Crippen molar-refractivity contribution in [2.24, 2.45) is 0 Å². The smallest absolute Gasteiger partial charge is 0.276 e. The zero-order valence-electron chi connectivity index (χ0n) is 10.3. The van der Waals surface area contributed by atoms with Gasteiger partial charge in [-0.1, -0.05) is 12.1 Å². The minimum Gasteiger partial charge on any atom is -0.332 e. The van der Waals surface area contributed by atoms with Gasteiger partial charge in [0.1, 0.15) is 5.69 Å². The highest BCUT2D eigenvalue weighted by Gasteiger charge is 2.10. The second kappa shape index (κ2) is 5.05. The summed E-state index contributed by atoms with van der Waals surface area (Å²) < 4.78 is 5.19. The Kier molecular flexibility index (Phi) is 3.49. The summed E-state index contributed by atoms with van der Waals surface area (Å²) >= 11 is 0. The number of pyridine rings is 1. The summed E-state index contributed by atoms with van der Waals surface area (Å²) in [6.07, 6.45) is 0. The van der Waals surface area contributed by atoms with Crippen molar-refractivity contribution in [2.45, 2.75) is 27.3 Å². The Balaban J connectivity index is 2.24. The molecule has 2 heterocycles. The van der Waals surface area contributed by atoms with Crippen LogP contribution in [0.4, 0.5) is 0 Å². The van der Waals surface area contributed by atoms with E-state index >= 15 is 0 Å². The third-order valence-electron chi connectivity index (χ3n) is 2.32. The highest BCUT2D eigenvalue weighted by molar-refractivity contribution is 5.48. The summed E-state index contributed by atoms with van der Waals surface area (Å²) in [7, 11) is 0. The van der Waals surface area contributed by atoms with Gasteiger partial charge in [-0.3, -0.25) is 0 Å². The van der Waals surface area contributed by atoms with Gasteiger partial charge >= 0.3 is 0 Å². The SMILES string of the molecule is CCNCc1noc(-c2cc(C)cc(C)n2)n1. The first-order valence-electron chi connectivity index (χ1n) is 5.68. The molecule has 5 heteroatoms. The van der Waals surface area contributed by atoms with Crippen molar-refractivity contribution in [1.29, 1.82) is 0 Å². The molecule has 5 nitrogen and oxygen atoms in total. The van der Waals surface area contributed by atoms with E-state index in [1.165, 1.54) is 0 Å². The van der Waals surface area contributed by atoms with Crippen LogP contribution in [0.2, 0.25) is 0 Å². The van der Waals surface area contributed by atoms with Gasteiger partial charge in [0, 0.05) is 5.69 Å². The molecule has 0 aromatic carbocycles. The van der Waals surface area contributed by atoms with Crippen LogP contribution in [0.1, 0.15) is 24.0 Å². The molecule has 0 bridgehead atoms. The Morgan fingerprint density at radius 3 is 2.76 bits per heavy atom. The maximum Gasteiger partial charge on any atom is 0.276 e. The molecule has 0 saturated carbocycles. The van der Waals surface area contributed by atoms with Crippen LogP contribution in [0.15, 0.2) is 16.7 Å². The van der Waals surface area contributed by atoms with Gasteiger partial charge in [0.05, 0.1) is 6.54 Å². The van der Waals surface area contributed by atoms with E-state index in [0.29, 0.717) is 18.3 Å². The minimum absolute atomic E-state index is 0.477. The Morgan fingerprint density at radius 2 is 2.06 bits per heavy atom. The molecule has 0 unspecified atom stereocenters. The van der Waals surface area contributed by atoms with E-state index in [9.17, 15) is 0 Å². The van der Waals surface area contributed by atoms with Crippen molar-refractivity contribution < 1.29 is 4.52 Å². The molecule has 90 valence electrons. The first-order chi connectivity index (χ1) is 8.19. The molecular weight excluding hydrogens is 216 g/mol. The fourth-order valence-electron chi connectivity index (χ4n) is 1.62. The summed E-state index contributed by atoms with van der Waals surface area (Å²) in [5.74, 6) is 1.13. The topological polar surface area (TPSA) is 63.8 Å². The first-order valence-corrected chi connectivity index (χ1v) is 5.68. The van der Waals surface area contributed by atoms with Crippen molar-refractivity contribution in [3.8, 4) is 11.6 Å². The fraction of sp³-hybridized carbons (Fsp3) is 0.417. The zero-order valence-corrected chi connectivity index (χ0v) is 10.3. The van der Waals surface area contributed by atoms with E-state index in [1.54, 1.807) is 0 Å². The maximum absolute atomic E-state index is 5.19. The summed E-state index contributed by atoms with van der Waals surface area (Å²) in [6.45, 7) is 7.50. The maximum atomic E-state index is 5.19. The van der Waals surface area contributed by atoms with Gasteiger partial charge in [-0.15, -0.1) is 0 Å². The van der Waals surface area contributed by atoms with Crippen molar-refractivity contribution in [2.75, 3.05) is 6.54 Å². The van der Waals surface area contributed by atoms with Crippen molar-refractivity contribution in [3.05, 3.63) is 29.2 Å². The zero-order chi connectivity index (χ0) is 12.3. The summed E-state index contributed by atoms with van der Waals surface area (Å²) in [5.41, 5.74) is 2.82. The van der Waals surface area contributed by atoms with Gasteiger partial charge < -0.3 is 9.84 Å². The lowest BCUT2D eigenvalue weighted by atomic mass is 10.2. The molecule has 17 heavy (non-hydrogen) atoms.